The van der Waals surface area contributed by atoms with E-state index in [9.17, 15) is 4.79 Å². The van der Waals surface area contributed by atoms with E-state index in [0.29, 0.717) is 44.4 Å². The van der Waals surface area contributed by atoms with Crippen LogP contribution in [-0.2, 0) is 24.1 Å². The summed E-state index contributed by atoms with van der Waals surface area (Å²) in [5.41, 5.74) is 2.54. The smallest absolute Gasteiger partial charge is 0.268 e. The maximum Gasteiger partial charge on any atom is 0.268 e. The van der Waals surface area contributed by atoms with Crippen molar-refractivity contribution in [3.8, 4) is 22.3 Å². The number of amides is 1. The summed E-state index contributed by atoms with van der Waals surface area (Å²) in [6.45, 7) is 6.36. The first-order chi connectivity index (χ1) is 16.6. The van der Waals surface area contributed by atoms with Crippen molar-refractivity contribution in [3.05, 3.63) is 46.1 Å². The molecule has 0 radical (unpaired) electrons. The number of nitrogens with zero attached hydrogens (tertiary/aromatic N) is 3. The molecule has 34 heavy (non-hydrogen) atoms. The third kappa shape index (κ3) is 4.82. The van der Waals surface area contributed by atoms with Gasteiger partial charge in [-0.1, -0.05) is 11.2 Å². The molecule has 2 aromatic heterocycles. The largest absolute Gasteiger partial charge is 0.490 e. The highest BCUT2D eigenvalue weighted by molar-refractivity contribution is 7.15. The van der Waals surface area contributed by atoms with Crippen LogP contribution in [0.3, 0.4) is 0 Å². The Hall–Kier alpha value is -2.87. The molecule has 3 heterocycles. The van der Waals surface area contributed by atoms with Gasteiger partial charge in [-0.15, -0.1) is 11.3 Å². The van der Waals surface area contributed by atoms with E-state index in [0.717, 1.165) is 41.2 Å². The van der Waals surface area contributed by atoms with Crippen molar-refractivity contribution in [2.45, 2.75) is 58.3 Å². The average molecular weight is 482 g/mol. The average Bonchev–Trinajstić information content (AvgIpc) is 3.57. The second-order valence-corrected chi connectivity index (χ2v) is 10.00. The SMILES string of the molecule is CCOc1ccc(CCN2CC(c3noc(-c4cc5c(s4)CCCC5)n3)CC2=O)cc1OCC. The molecular weight excluding hydrogens is 450 g/mol. The monoisotopic (exact) mass is 481 g/mol. The molecule has 1 saturated heterocycles. The third-order valence-electron chi connectivity index (χ3n) is 6.51. The number of thiophene rings is 1. The van der Waals surface area contributed by atoms with Gasteiger partial charge in [-0.05, 0) is 75.3 Å². The molecule has 1 unspecified atom stereocenters. The summed E-state index contributed by atoms with van der Waals surface area (Å²) < 4.78 is 17.0. The summed E-state index contributed by atoms with van der Waals surface area (Å²) in [6, 6.07) is 8.20. The van der Waals surface area contributed by atoms with Crippen molar-refractivity contribution < 1.29 is 18.8 Å². The molecule has 0 bridgehead atoms. The molecule has 0 saturated carbocycles. The van der Waals surface area contributed by atoms with Crippen LogP contribution in [0.2, 0.25) is 0 Å². The Labute approximate surface area is 204 Å². The van der Waals surface area contributed by atoms with Crippen molar-refractivity contribution in [2.24, 2.45) is 0 Å². The molecule has 0 N–H and O–H groups in total. The number of hydrogen-bond acceptors (Lipinski definition) is 7. The summed E-state index contributed by atoms with van der Waals surface area (Å²) in [5, 5.41) is 4.24. The zero-order valence-electron chi connectivity index (χ0n) is 19.8. The zero-order chi connectivity index (χ0) is 23.5. The molecule has 7 nitrogen and oxygen atoms in total. The minimum Gasteiger partial charge on any atom is -0.490 e. The molecule has 8 heteroatoms. The number of aromatic nitrogens is 2. The van der Waals surface area contributed by atoms with Gasteiger partial charge in [0.05, 0.1) is 18.1 Å². The van der Waals surface area contributed by atoms with Crippen LogP contribution in [0.25, 0.3) is 10.8 Å². The molecule has 1 aliphatic carbocycles. The fourth-order valence-corrected chi connectivity index (χ4v) is 5.95. The third-order valence-corrected chi connectivity index (χ3v) is 7.73. The fraction of sp³-hybridized carbons (Fsp3) is 0.500. The van der Waals surface area contributed by atoms with Gasteiger partial charge in [-0.2, -0.15) is 4.98 Å². The first-order valence-corrected chi connectivity index (χ1v) is 13.1. The number of likely N-dealkylation sites (tertiary alicyclic amines) is 1. The lowest BCUT2D eigenvalue weighted by molar-refractivity contribution is -0.127. The Morgan fingerprint density at radius 1 is 1.12 bits per heavy atom. The van der Waals surface area contributed by atoms with Crippen molar-refractivity contribution in [1.29, 1.82) is 0 Å². The van der Waals surface area contributed by atoms with Crippen molar-refractivity contribution in [3.63, 3.8) is 0 Å². The molecule has 1 aliphatic heterocycles. The van der Waals surface area contributed by atoms with E-state index in [1.807, 2.05) is 36.9 Å². The summed E-state index contributed by atoms with van der Waals surface area (Å²) in [5.74, 6) is 2.83. The summed E-state index contributed by atoms with van der Waals surface area (Å²) >= 11 is 1.77. The number of carbonyl (C=O) groups is 1. The van der Waals surface area contributed by atoms with Crippen LogP contribution in [0.1, 0.15) is 60.9 Å². The maximum absolute atomic E-state index is 12.7. The molecule has 1 atom stereocenters. The van der Waals surface area contributed by atoms with Gasteiger partial charge in [0, 0.05) is 30.3 Å². The van der Waals surface area contributed by atoms with Crippen LogP contribution in [0.4, 0.5) is 0 Å². The van der Waals surface area contributed by atoms with Crippen molar-refractivity contribution in [2.75, 3.05) is 26.3 Å². The second-order valence-electron chi connectivity index (χ2n) is 8.86. The standard InChI is InChI=1S/C26H31N3O4S/c1-3-31-20-10-9-17(13-21(20)32-4-2)11-12-29-16-19(15-24(29)30)25-27-26(33-28-25)23-14-18-7-5-6-8-22(18)34-23/h9-10,13-14,19H,3-8,11-12,15-16H2,1-2H3. The van der Waals surface area contributed by atoms with Gasteiger partial charge in [0.25, 0.3) is 5.89 Å². The number of ether oxygens (including phenoxy) is 2. The number of rotatable bonds is 9. The van der Waals surface area contributed by atoms with Crippen LogP contribution in [0.15, 0.2) is 28.8 Å². The van der Waals surface area contributed by atoms with Gasteiger partial charge in [0.2, 0.25) is 5.91 Å². The van der Waals surface area contributed by atoms with E-state index in [-0.39, 0.29) is 11.8 Å². The van der Waals surface area contributed by atoms with Gasteiger partial charge in [0.1, 0.15) is 0 Å². The van der Waals surface area contributed by atoms with Crippen LogP contribution >= 0.6 is 11.3 Å². The Kier molecular flexibility index (Phi) is 6.85. The quantitative estimate of drug-likeness (QED) is 0.426. The molecule has 1 aromatic carbocycles. The van der Waals surface area contributed by atoms with Gasteiger partial charge in [-0.3, -0.25) is 4.79 Å². The minimum atomic E-state index is -0.0288. The van der Waals surface area contributed by atoms with Gasteiger partial charge in [-0.25, -0.2) is 0 Å². The normalized spacial score (nSPS) is 17.8. The number of hydrogen-bond donors (Lipinski definition) is 0. The van der Waals surface area contributed by atoms with E-state index >= 15 is 0 Å². The first-order valence-electron chi connectivity index (χ1n) is 12.3. The van der Waals surface area contributed by atoms with Crippen molar-refractivity contribution >= 4 is 17.2 Å². The lowest BCUT2D eigenvalue weighted by atomic mass is 9.99. The van der Waals surface area contributed by atoms with Crippen LogP contribution in [0.5, 0.6) is 11.5 Å². The number of aryl methyl sites for hydroxylation is 2. The molecule has 5 rings (SSSR count). The lowest BCUT2D eigenvalue weighted by Gasteiger charge is -2.17. The van der Waals surface area contributed by atoms with Gasteiger partial charge < -0.3 is 18.9 Å². The number of carbonyl (C=O) groups excluding carboxylic acids is 1. The van der Waals surface area contributed by atoms with Gasteiger partial charge in [0.15, 0.2) is 17.3 Å². The van der Waals surface area contributed by atoms with Crippen molar-refractivity contribution in [1.82, 2.24) is 15.0 Å². The number of benzene rings is 1. The minimum absolute atomic E-state index is 0.0288. The van der Waals surface area contributed by atoms with E-state index in [1.54, 1.807) is 11.3 Å². The first kappa shape index (κ1) is 22.9. The van der Waals surface area contributed by atoms with Gasteiger partial charge >= 0.3 is 0 Å². The molecule has 180 valence electrons. The Morgan fingerprint density at radius 3 is 2.76 bits per heavy atom. The number of fused-ring (bicyclic) bond motifs is 1. The molecule has 2 aliphatic rings. The van der Waals surface area contributed by atoms with E-state index < -0.39 is 0 Å². The molecule has 1 fully saturated rings. The van der Waals surface area contributed by atoms with Crippen LogP contribution in [0, 0.1) is 0 Å². The highest BCUT2D eigenvalue weighted by Crippen LogP contribution is 2.36. The highest BCUT2D eigenvalue weighted by atomic mass is 32.1. The van der Waals surface area contributed by atoms with E-state index in [1.165, 1.54) is 23.3 Å². The fourth-order valence-electron chi connectivity index (χ4n) is 4.77. The Balaban J connectivity index is 1.22. The topological polar surface area (TPSA) is 77.7 Å². The molecular formula is C26H31N3O4S. The summed E-state index contributed by atoms with van der Waals surface area (Å²) in [4.78, 5) is 21.8. The maximum atomic E-state index is 12.7. The predicted molar refractivity (Wildman–Crippen MR) is 131 cm³/mol. The zero-order valence-corrected chi connectivity index (χ0v) is 20.7. The van der Waals surface area contributed by atoms with Crippen LogP contribution in [-0.4, -0.2) is 47.3 Å². The molecule has 0 spiro atoms. The predicted octanol–water partition coefficient (Wildman–Crippen LogP) is 5.03. The highest BCUT2D eigenvalue weighted by Gasteiger charge is 2.33. The van der Waals surface area contributed by atoms with Crippen LogP contribution < -0.4 is 9.47 Å². The summed E-state index contributed by atoms with van der Waals surface area (Å²) in [6.07, 6.45) is 5.97. The Bertz CT molecular complexity index is 1130. The van der Waals surface area contributed by atoms with E-state index in [2.05, 4.69) is 16.2 Å². The second kappa shape index (κ2) is 10.2. The molecule has 1 amide bonds. The summed E-state index contributed by atoms with van der Waals surface area (Å²) in [7, 11) is 0. The lowest BCUT2D eigenvalue weighted by Crippen LogP contribution is -2.27. The molecule has 3 aromatic rings. The Morgan fingerprint density at radius 2 is 1.94 bits per heavy atom. The van der Waals surface area contributed by atoms with E-state index in [4.69, 9.17) is 14.0 Å².